The molecule has 20 heavy (non-hydrogen) atoms. The molecule has 0 radical (unpaired) electrons. The number of nitrogens with one attached hydrogen (secondary N) is 1. The monoisotopic (exact) mass is 284 g/mol. The third-order valence-corrected chi connectivity index (χ3v) is 5.53. The number of hydrogen-bond donors (Lipinski definition) is 2. The molecule has 1 spiro atoms. The summed E-state index contributed by atoms with van der Waals surface area (Å²) in [7, 11) is 0. The molecular weight excluding hydrogens is 256 g/mol. The summed E-state index contributed by atoms with van der Waals surface area (Å²) in [4.78, 5) is 0. The Morgan fingerprint density at radius 1 is 1.15 bits per heavy atom. The summed E-state index contributed by atoms with van der Waals surface area (Å²) in [6.07, 6.45) is 5.68. The van der Waals surface area contributed by atoms with E-state index in [2.05, 4.69) is 12.3 Å². The summed E-state index contributed by atoms with van der Waals surface area (Å²) in [5, 5.41) is 0. The maximum Gasteiger partial charge on any atom is 0.0729 e. The molecule has 0 aromatic rings. The SMILES string of the molecule is CC1OCCC1C(NN)C1CCOC2(CCOCC2)C1. The summed E-state index contributed by atoms with van der Waals surface area (Å²) in [6.45, 7) is 5.55. The maximum absolute atomic E-state index is 6.14. The molecule has 3 aliphatic rings. The van der Waals surface area contributed by atoms with Gasteiger partial charge < -0.3 is 14.2 Å². The van der Waals surface area contributed by atoms with Gasteiger partial charge in [-0.1, -0.05) is 0 Å². The molecule has 5 heteroatoms. The van der Waals surface area contributed by atoms with Crippen LogP contribution in [0, 0.1) is 11.8 Å². The minimum atomic E-state index is 0.0406. The van der Waals surface area contributed by atoms with Crippen LogP contribution in [0.3, 0.4) is 0 Å². The molecule has 3 heterocycles. The second-order valence-corrected chi connectivity index (χ2v) is 6.62. The van der Waals surface area contributed by atoms with Gasteiger partial charge in [0, 0.05) is 38.4 Å². The van der Waals surface area contributed by atoms with Gasteiger partial charge in [0.2, 0.25) is 0 Å². The van der Waals surface area contributed by atoms with Gasteiger partial charge in [-0.25, -0.2) is 0 Å². The van der Waals surface area contributed by atoms with Crippen molar-refractivity contribution in [1.29, 1.82) is 0 Å². The number of rotatable bonds is 3. The van der Waals surface area contributed by atoms with Crippen LogP contribution in [-0.2, 0) is 14.2 Å². The Morgan fingerprint density at radius 3 is 2.60 bits per heavy atom. The average Bonchev–Trinajstić information content (AvgIpc) is 2.87. The third-order valence-electron chi connectivity index (χ3n) is 5.53. The van der Waals surface area contributed by atoms with Crippen molar-refractivity contribution in [2.24, 2.45) is 17.7 Å². The lowest BCUT2D eigenvalue weighted by atomic mass is 9.73. The second kappa shape index (κ2) is 6.28. The third kappa shape index (κ3) is 2.88. The quantitative estimate of drug-likeness (QED) is 0.602. The lowest BCUT2D eigenvalue weighted by molar-refractivity contribution is -0.152. The summed E-state index contributed by atoms with van der Waals surface area (Å²) < 4.78 is 17.4. The van der Waals surface area contributed by atoms with Crippen LogP contribution in [0.5, 0.6) is 0 Å². The largest absolute Gasteiger partial charge is 0.381 e. The Morgan fingerprint density at radius 2 is 1.95 bits per heavy atom. The van der Waals surface area contributed by atoms with Crippen LogP contribution in [0.15, 0.2) is 0 Å². The van der Waals surface area contributed by atoms with E-state index in [1.165, 1.54) is 0 Å². The molecule has 3 rings (SSSR count). The van der Waals surface area contributed by atoms with Crippen molar-refractivity contribution in [3.05, 3.63) is 0 Å². The van der Waals surface area contributed by atoms with E-state index in [-0.39, 0.29) is 5.60 Å². The van der Waals surface area contributed by atoms with Gasteiger partial charge in [0.25, 0.3) is 0 Å². The highest BCUT2D eigenvalue weighted by molar-refractivity contribution is 4.96. The van der Waals surface area contributed by atoms with Gasteiger partial charge >= 0.3 is 0 Å². The van der Waals surface area contributed by atoms with E-state index in [0.717, 1.165) is 58.5 Å². The lowest BCUT2D eigenvalue weighted by Crippen LogP contribution is -2.54. The van der Waals surface area contributed by atoms with Crippen LogP contribution in [0.2, 0.25) is 0 Å². The molecule has 3 aliphatic heterocycles. The van der Waals surface area contributed by atoms with Crippen LogP contribution in [0.1, 0.15) is 39.0 Å². The van der Waals surface area contributed by atoms with E-state index in [1.54, 1.807) is 0 Å². The Labute approximate surface area is 121 Å². The van der Waals surface area contributed by atoms with Gasteiger partial charge in [-0.3, -0.25) is 11.3 Å². The van der Waals surface area contributed by atoms with Gasteiger partial charge in [-0.05, 0) is 44.9 Å². The molecule has 3 fully saturated rings. The molecule has 0 aliphatic carbocycles. The highest BCUT2D eigenvalue weighted by Gasteiger charge is 2.44. The molecule has 0 aromatic carbocycles. The zero-order valence-corrected chi connectivity index (χ0v) is 12.5. The van der Waals surface area contributed by atoms with Gasteiger partial charge in [-0.2, -0.15) is 0 Å². The molecule has 3 N–H and O–H groups in total. The summed E-state index contributed by atoms with van der Waals surface area (Å²) >= 11 is 0. The number of nitrogens with two attached hydrogens (primary N) is 1. The first-order valence-corrected chi connectivity index (χ1v) is 8.03. The highest BCUT2D eigenvalue weighted by atomic mass is 16.5. The average molecular weight is 284 g/mol. The smallest absolute Gasteiger partial charge is 0.0729 e. The van der Waals surface area contributed by atoms with E-state index < -0.39 is 0 Å². The van der Waals surface area contributed by atoms with E-state index in [9.17, 15) is 0 Å². The zero-order valence-electron chi connectivity index (χ0n) is 12.5. The Hall–Kier alpha value is -0.200. The van der Waals surface area contributed by atoms with Crippen molar-refractivity contribution < 1.29 is 14.2 Å². The van der Waals surface area contributed by atoms with Gasteiger partial charge in [-0.15, -0.1) is 0 Å². The van der Waals surface area contributed by atoms with Crippen LogP contribution in [0.4, 0.5) is 0 Å². The van der Waals surface area contributed by atoms with Crippen molar-refractivity contribution in [2.45, 2.75) is 56.8 Å². The Balaban J connectivity index is 1.68. The highest BCUT2D eigenvalue weighted by Crippen LogP contribution is 2.41. The maximum atomic E-state index is 6.14. The number of ether oxygens (including phenoxy) is 3. The normalized spacial score (nSPS) is 39.0. The first kappa shape index (κ1) is 14.7. The first-order chi connectivity index (χ1) is 9.74. The summed E-state index contributed by atoms with van der Waals surface area (Å²) in [5.41, 5.74) is 3.14. The molecule has 5 nitrogen and oxygen atoms in total. The molecule has 0 bridgehead atoms. The molecule has 0 aromatic heterocycles. The Kier molecular flexibility index (Phi) is 4.62. The summed E-state index contributed by atoms with van der Waals surface area (Å²) in [5.74, 6) is 7.00. The minimum absolute atomic E-state index is 0.0406. The molecule has 4 atom stereocenters. The van der Waals surface area contributed by atoms with E-state index >= 15 is 0 Å². The van der Waals surface area contributed by atoms with E-state index in [1.807, 2.05) is 0 Å². The van der Waals surface area contributed by atoms with Crippen LogP contribution in [0.25, 0.3) is 0 Å². The lowest BCUT2D eigenvalue weighted by Gasteiger charge is -2.46. The second-order valence-electron chi connectivity index (χ2n) is 6.62. The van der Waals surface area contributed by atoms with Crippen molar-refractivity contribution in [3.8, 4) is 0 Å². The number of hydrogen-bond acceptors (Lipinski definition) is 5. The van der Waals surface area contributed by atoms with Crippen molar-refractivity contribution in [3.63, 3.8) is 0 Å². The molecule has 0 saturated carbocycles. The predicted octanol–water partition coefficient (Wildman–Crippen LogP) is 1.22. The molecular formula is C15H28N2O3. The predicted molar refractivity (Wildman–Crippen MR) is 76.1 cm³/mol. The summed E-state index contributed by atoms with van der Waals surface area (Å²) in [6, 6.07) is 0.344. The zero-order chi connectivity index (χ0) is 14.0. The molecule has 0 amide bonds. The first-order valence-electron chi connectivity index (χ1n) is 8.03. The van der Waals surface area contributed by atoms with Gasteiger partial charge in [0.1, 0.15) is 0 Å². The van der Waals surface area contributed by atoms with Gasteiger partial charge in [0.15, 0.2) is 0 Å². The number of hydrazine groups is 1. The Bertz CT molecular complexity index is 315. The fraction of sp³-hybridized carbons (Fsp3) is 1.00. The van der Waals surface area contributed by atoms with Crippen LogP contribution < -0.4 is 11.3 Å². The molecule has 4 unspecified atom stereocenters. The van der Waals surface area contributed by atoms with Crippen molar-refractivity contribution in [2.75, 3.05) is 26.4 Å². The molecule has 3 saturated heterocycles. The topological polar surface area (TPSA) is 65.7 Å². The molecule has 116 valence electrons. The van der Waals surface area contributed by atoms with E-state index in [4.69, 9.17) is 20.1 Å². The standard InChI is InChI=1S/C15H28N2O3/c1-11-13(3-6-19-11)14(17-16)12-2-7-20-15(10-12)4-8-18-9-5-15/h11-14,17H,2-10,16H2,1H3. The van der Waals surface area contributed by atoms with Crippen LogP contribution >= 0.6 is 0 Å². The van der Waals surface area contributed by atoms with Crippen molar-refractivity contribution >= 4 is 0 Å². The fourth-order valence-corrected chi connectivity index (χ4v) is 4.29. The fourth-order valence-electron chi connectivity index (χ4n) is 4.29. The van der Waals surface area contributed by atoms with E-state index in [0.29, 0.717) is 24.0 Å². The van der Waals surface area contributed by atoms with Gasteiger partial charge in [0.05, 0.1) is 11.7 Å². The minimum Gasteiger partial charge on any atom is -0.381 e. The van der Waals surface area contributed by atoms with Crippen molar-refractivity contribution in [1.82, 2.24) is 5.43 Å². The van der Waals surface area contributed by atoms with Crippen LogP contribution in [-0.4, -0.2) is 44.2 Å².